The fourth-order valence-electron chi connectivity index (χ4n) is 3.59. The van der Waals surface area contributed by atoms with Crippen LogP contribution in [0.25, 0.3) is 10.9 Å². The molecule has 0 atom stereocenters. The Morgan fingerprint density at radius 2 is 1.75 bits per heavy atom. The highest BCUT2D eigenvalue weighted by Gasteiger charge is 2.23. The number of nitrogen functional groups attached to an aromatic ring is 1. The number of anilines is 1. The van der Waals surface area contributed by atoms with Crippen molar-refractivity contribution in [2.24, 2.45) is 0 Å². The highest BCUT2D eigenvalue weighted by atomic mass is 16.2. The Labute approximate surface area is 165 Å². The van der Waals surface area contributed by atoms with Crippen LogP contribution in [-0.2, 0) is 6.54 Å². The van der Waals surface area contributed by atoms with Gasteiger partial charge >= 0.3 is 0 Å². The van der Waals surface area contributed by atoms with Crippen LogP contribution in [0.5, 0.6) is 0 Å². The van der Waals surface area contributed by atoms with Crippen molar-refractivity contribution in [2.45, 2.75) is 20.4 Å². The molecule has 3 aromatic rings. The van der Waals surface area contributed by atoms with Gasteiger partial charge in [0.15, 0.2) is 0 Å². The third-order valence-electron chi connectivity index (χ3n) is 5.46. The van der Waals surface area contributed by atoms with E-state index in [1.54, 1.807) is 0 Å². The first-order valence-corrected chi connectivity index (χ1v) is 9.61. The minimum Gasteiger partial charge on any atom is -0.383 e. The van der Waals surface area contributed by atoms with Crippen molar-refractivity contribution in [3.05, 3.63) is 65.0 Å². The fourth-order valence-corrected chi connectivity index (χ4v) is 3.59. The maximum Gasteiger partial charge on any atom is 0.253 e. The maximum atomic E-state index is 12.8. The molecule has 0 bridgehead atoms. The van der Waals surface area contributed by atoms with Gasteiger partial charge in [-0.25, -0.2) is 9.97 Å². The highest BCUT2D eigenvalue weighted by molar-refractivity contribution is 5.94. The van der Waals surface area contributed by atoms with Gasteiger partial charge in [0.2, 0.25) is 0 Å². The van der Waals surface area contributed by atoms with E-state index in [4.69, 9.17) is 5.73 Å². The standard InChI is InChI=1S/C22H25N5O/c1-15-7-8-17(13-16(15)2)22(28)27-11-9-26(10-12-27)14-20-24-19-6-4-3-5-18(19)21(23)25-20/h3-8,13H,9-12,14H2,1-2H3,(H2,23,24,25). The number of benzene rings is 2. The largest absolute Gasteiger partial charge is 0.383 e. The summed E-state index contributed by atoms with van der Waals surface area (Å²) >= 11 is 0. The molecule has 2 heterocycles. The maximum absolute atomic E-state index is 12.8. The van der Waals surface area contributed by atoms with Gasteiger partial charge in [0.1, 0.15) is 11.6 Å². The summed E-state index contributed by atoms with van der Waals surface area (Å²) in [4.78, 5) is 26.1. The second-order valence-electron chi connectivity index (χ2n) is 7.41. The number of carbonyl (C=O) groups excluding carboxylic acids is 1. The van der Waals surface area contributed by atoms with Crippen LogP contribution in [0.1, 0.15) is 27.3 Å². The molecule has 1 aliphatic heterocycles. The van der Waals surface area contributed by atoms with Crippen LogP contribution in [0.4, 0.5) is 5.82 Å². The van der Waals surface area contributed by atoms with E-state index in [2.05, 4.69) is 21.8 Å². The van der Waals surface area contributed by atoms with E-state index in [-0.39, 0.29) is 5.91 Å². The average molecular weight is 375 g/mol. The van der Waals surface area contributed by atoms with Gasteiger partial charge in [-0.3, -0.25) is 9.69 Å². The van der Waals surface area contributed by atoms with Gasteiger partial charge in [-0.2, -0.15) is 0 Å². The Kier molecular flexibility index (Phi) is 4.96. The van der Waals surface area contributed by atoms with Crippen LogP contribution >= 0.6 is 0 Å². The van der Waals surface area contributed by atoms with E-state index in [0.29, 0.717) is 25.5 Å². The van der Waals surface area contributed by atoms with Crippen LogP contribution in [0.3, 0.4) is 0 Å². The summed E-state index contributed by atoms with van der Waals surface area (Å²) in [6.07, 6.45) is 0. The summed E-state index contributed by atoms with van der Waals surface area (Å²) in [5, 5.41) is 0.884. The normalized spacial score (nSPS) is 15.1. The second-order valence-corrected chi connectivity index (χ2v) is 7.41. The molecule has 1 fully saturated rings. The number of nitrogens with two attached hydrogens (primary N) is 1. The molecular weight excluding hydrogens is 350 g/mol. The summed E-state index contributed by atoms with van der Waals surface area (Å²) in [7, 11) is 0. The number of para-hydroxylation sites is 1. The number of carbonyl (C=O) groups is 1. The van der Waals surface area contributed by atoms with Crippen molar-refractivity contribution >= 4 is 22.6 Å². The first kappa shape index (κ1) is 18.4. The lowest BCUT2D eigenvalue weighted by molar-refractivity contribution is 0.0625. The topological polar surface area (TPSA) is 75.4 Å². The number of nitrogens with zero attached hydrogens (tertiary/aromatic N) is 4. The van der Waals surface area contributed by atoms with Gasteiger partial charge in [0.05, 0.1) is 12.1 Å². The first-order valence-electron chi connectivity index (χ1n) is 9.61. The van der Waals surface area contributed by atoms with Crippen LogP contribution in [0.15, 0.2) is 42.5 Å². The molecule has 0 aliphatic carbocycles. The van der Waals surface area contributed by atoms with Crippen molar-refractivity contribution in [2.75, 3.05) is 31.9 Å². The van der Waals surface area contributed by atoms with Crippen LogP contribution in [0, 0.1) is 13.8 Å². The van der Waals surface area contributed by atoms with Gasteiger partial charge in [-0.05, 0) is 49.2 Å². The molecule has 0 spiro atoms. The predicted molar refractivity (Wildman–Crippen MR) is 111 cm³/mol. The summed E-state index contributed by atoms with van der Waals surface area (Å²) in [6, 6.07) is 13.7. The summed E-state index contributed by atoms with van der Waals surface area (Å²) < 4.78 is 0. The summed E-state index contributed by atoms with van der Waals surface area (Å²) in [5.41, 5.74) is 10.1. The SMILES string of the molecule is Cc1ccc(C(=O)N2CCN(Cc3nc(N)c4ccccc4n3)CC2)cc1C. The molecule has 2 aromatic carbocycles. The van der Waals surface area contributed by atoms with Crippen LogP contribution in [-0.4, -0.2) is 51.9 Å². The Bertz CT molecular complexity index is 1020. The smallest absolute Gasteiger partial charge is 0.253 e. The zero-order valence-electron chi connectivity index (χ0n) is 16.4. The molecule has 1 saturated heterocycles. The molecule has 0 radical (unpaired) electrons. The lowest BCUT2D eigenvalue weighted by atomic mass is 10.1. The fraction of sp³-hybridized carbons (Fsp3) is 0.318. The Hall–Kier alpha value is -2.99. The van der Waals surface area contributed by atoms with Gasteiger partial charge in [0.25, 0.3) is 5.91 Å². The zero-order valence-corrected chi connectivity index (χ0v) is 16.4. The molecule has 1 aliphatic rings. The van der Waals surface area contributed by atoms with Crippen LogP contribution in [0.2, 0.25) is 0 Å². The molecule has 6 nitrogen and oxygen atoms in total. The van der Waals surface area contributed by atoms with Crippen molar-refractivity contribution in [1.29, 1.82) is 0 Å². The minimum atomic E-state index is 0.106. The third-order valence-corrected chi connectivity index (χ3v) is 5.46. The molecule has 1 aromatic heterocycles. The Balaban J connectivity index is 1.40. The van der Waals surface area contributed by atoms with Crippen molar-refractivity contribution in [3.8, 4) is 0 Å². The van der Waals surface area contributed by atoms with E-state index in [9.17, 15) is 4.79 Å². The van der Waals surface area contributed by atoms with E-state index in [1.165, 1.54) is 5.56 Å². The predicted octanol–water partition coefficient (Wildman–Crippen LogP) is 2.79. The van der Waals surface area contributed by atoms with Gasteiger partial charge in [-0.1, -0.05) is 18.2 Å². The number of aromatic nitrogens is 2. The number of rotatable bonds is 3. The molecule has 28 heavy (non-hydrogen) atoms. The van der Waals surface area contributed by atoms with Gasteiger partial charge in [-0.15, -0.1) is 0 Å². The number of aryl methyl sites for hydroxylation is 2. The Morgan fingerprint density at radius 3 is 2.50 bits per heavy atom. The van der Waals surface area contributed by atoms with E-state index < -0.39 is 0 Å². The first-order chi connectivity index (χ1) is 13.5. The number of hydrogen-bond donors (Lipinski definition) is 1. The van der Waals surface area contributed by atoms with Crippen LogP contribution < -0.4 is 5.73 Å². The van der Waals surface area contributed by atoms with Crippen molar-refractivity contribution in [3.63, 3.8) is 0 Å². The third kappa shape index (κ3) is 3.68. The number of piperazine rings is 1. The molecule has 1 amide bonds. The number of amides is 1. The molecular formula is C22H25N5O. The monoisotopic (exact) mass is 375 g/mol. The quantitative estimate of drug-likeness (QED) is 0.762. The van der Waals surface area contributed by atoms with Gasteiger partial charge < -0.3 is 10.6 Å². The lowest BCUT2D eigenvalue weighted by Gasteiger charge is -2.34. The van der Waals surface area contributed by atoms with E-state index in [1.807, 2.05) is 54.3 Å². The van der Waals surface area contributed by atoms with E-state index in [0.717, 1.165) is 40.9 Å². The number of fused-ring (bicyclic) bond motifs is 1. The molecule has 0 saturated carbocycles. The number of hydrogen-bond acceptors (Lipinski definition) is 5. The zero-order chi connectivity index (χ0) is 19.7. The molecule has 0 unspecified atom stereocenters. The Morgan fingerprint density at radius 1 is 1.00 bits per heavy atom. The molecule has 2 N–H and O–H groups in total. The highest BCUT2D eigenvalue weighted by Crippen LogP contribution is 2.18. The summed E-state index contributed by atoms with van der Waals surface area (Å²) in [6.45, 7) is 7.74. The average Bonchev–Trinajstić information content (AvgIpc) is 2.70. The summed E-state index contributed by atoms with van der Waals surface area (Å²) in [5.74, 6) is 1.35. The lowest BCUT2D eigenvalue weighted by Crippen LogP contribution is -2.48. The minimum absolute atomic E-state index is 0.106. The molecule has 6 heteroatoms. The second kappa shape index (κ2) is 7.56. The molecule has 144 valence electrons. The van der Waals surface area contributed by atoms with Crippen molar-refractivity contribution in [1.82, 2.24) is 19.8 Å². The van der Waals surface area contributed by atoms with Crippen molar-refractivity contribution < 1.29 is 4.79 Å². The van der Waals surface area contributed by atoms with E-state index >= 15 is 0 Å². The van der Waals surface area contributed by atoms with Gasteiger partial charge in [0, 0.05) is 37.1 Å². The molecule has 4 rings (SSSR count).